The van der Waals surface area contributed by atoms with Crippen LogP contribution in [-0.4, -0.2) is 35.4 Å². The number of carbonyl (C=O) groups excluding carboxylic acids is 1. The predicted molar refractivity (Wildman–Crippen MR) is 89.1 cm³/mol. The number of carboxylic acids is 1. The second-order valence-electron chi connectivity index (χ2n) is 7.25. The molecule has 138 valence electrons. The predicted octanol–water partition coefficient (Wildman–Crippen LogP) is 3.13. The van der Waals surface area contributed by atoms with Crippen LogP contribution in [0.1, 0.15) is 39.2 Å². The summed E-state index contributed by atoms with van der Waals surface area (Å²) < 4.78 is 24.2. The Labute approximate surface area is 146 Å². The van der Waals surface area contributed by atoms with Gasteiger partial charge in [-0.05, 0) is 51.2 Å². The number of amides is 1. The Kier molecular flexibility index (Phi) is 5.87. The molecule has 1 aliphatic rings. The number of aliphatic carboxylic acids is 1. The van der Waals surface area contributed by atoms with Gasteiger partial charge in [0.05, 0.1) is 6.61 Å². The third-order valence-electron chi connectivity index (χ3n) is 3.61. The van der Waals surface area contributed by atoms with Crippen molar-refractivity contribution in [2.45, 2.75) is 51.7 Å². The number of rotatable bonds is 7. The number of carboxylic acid groups (broad SMARTS) is 1. The van der Waals surface area contributed by atoms with Crippen molar-refractivity contribution in [1.29, 1.82) is 0 Å². The van der Waals surface area contributed by atoms with Crippen LogP contribution < -0.4 is 10.1 Å². The van der Waals surface area contributed by atoms with E-state index in [9.17, 15) is 19.1 Å². The number of carbonyl (C=O) groups is 2. The smallest absolute Gasteiger partial charge is 0.408 e. The van der Waals surface area contributed by atoms with Gasteiger partial charge in [-0.15, -0.1) is 0 Å². The molecular formula is C18H24FNO5. The SMILES string of the molecule is CC(C)(C)OC(=O)NC(Cc1ccc(F)cc1OCC1CC1)C(=O)O. The van der Waals surface area contributed by atoms with Crippen molar-refractivity contribution in [3.05, 3.63) is 29.6 Å². The van der Waals surface area contributed by atoms with E-state index in [1.807, 2.05) is 0 Å². The van der Waals surface area contributed by atoms with Gasteiger partial charge in [-0.2, -0.15) is 0 Å². The van der Waals surface area contributed by atoms with Crippen LogP contribution in [0.25, 0.3) is 0 Å². The van der Waals surface area contributed by atoms with E-state index in [1.165, 1.54) is 18.2 Å². The Morgan fingerprint density at radius 2 is 2.04 bits per heavy atom. The maximum absolute atomic E-state index is 13.5. The summed E-state index contributed by atoms with van der Waals surface area (Å²) in [5.74, 6) is -0.875. The lowest BCUT2D eigenvalue weighted by molar-refractivity contribution is -0.139. The van der Waals surface area contributed by atoms with Gasteiger partial charge in [-0.1, -0.05) is 6.07 Å². The topological polar surface area (TPSA) is 84.9 Å². The lowest BCUT2D eigenvalue weighted by Crippen LogP contribution is -2.44. The van der Waals surface area contributed by atoms with Crippen LogP contribution in [0.15, 0.2) is 18.2 Å². The summed E-state index contributed by atoms with van der Waals surface area (Å²) in [6.07, 6.45) is 1.32. The van der Waals surface area contributed by atoms with Crippen molar-refractivity contribution in [1.82, 2.24) is 5.32 Å². The highest BCUT2D eigenvalue weighted by atomic mass is 19.1. The molecular weight excluding hydrogens is 329 g/mol. The highest BCUT2D eigenvalue weighted by Crippen LogP contribution is 2.31. The molecule has 1 aliphatic carbocycles. The number of benzene rings is 1. The molecule has 1 fully saturated rings. The minimum Gasteiger partial charge on any atom is -0.493 e. The van der Waals surface area contributed by atoms with Crippen molar-refractivity contribution >= 4 is 12.1 Å². The molecule has 1 amide bonds. The van der Waals surface area contributed by atoms with Gasteiger partial charge in [0.25, 0.3) is 0 Å². The molecule has 0 bridgehead atoms. The molecule has 1 unspecified atom stereocenters. The molecule has 2 rings (SSSR count). The summed E-state index contributed by atoms with van der Waals surface area (Å²) in [4.78, 5) is 23.3. The van der Waals surface area contributed by atoms with E-state index in [0.717, 1.165) is 12.8 Å². The molecule has 2 N–H and O–H groups in total. The first-order valence-electron chi connectivity index (χ1n) is 8.27. The van der Waals surface area contributed by atoms with Crippen LogP contribution in [0.2, 0.25) is 0 Å². The second kappa shape index (κ2) is 7.72. The normalized spacial score (nSPS) is 15.4. The van der Waals surface area contributed by atoms with E-state index >= 15 is 0 Å². The summed E-state index contributed by atoms with van der Waals surface area (Å²) in [6.45, 7) is 5.54. The Hall–Kier alpha value is -2.31. The van der Waals surface area contributed by atoms with Gasteiger partial charge < -0.3 is 19.9 Å². The van der Waals surface area contributed by atoms with Crippen molar-refractivity contribution in [3.8, 4) is 5.75 Å². The lowest BCUT2D eigenvalue weighted by Gasteiger charge is -2.22. The van der Waals surface area contributed by atoms with Crippen molar-refractivity contribution in [2.75, 3.05) is 6.61 Å². The highest BCUT2D eigenvalue weighted by molar-refractivity contribution is 5.80. The van der Waals surface area contributed by atoms with Gasteiger partial charge in [-0.3, -0.25) is 0 Å². The molecule has 0 radical (unpaired) electrons. The van der Waals surface area contributed by atoms with Crippen LogP contribution in [-0.2, 0) is 16.0 Å². The third kappa shape index (κ3) is 6.60. The molecule has 0 saturated heterocycles. The van der Waals surface area contributed by atoms with Crippen LogP contribution in [0.4, 0.5) is 9.18 Å². The molecule has 1 saturated carbocycles. The Morgan fingerprint density at radius 1 is 1.36 bits per heavy atom. The number of hydrogen-bond acceptors (Lipinski definition) is 4. The zero-order valence-electron chi connectivity index (χ0n) is 14.7. The van der Waals surface area contributed by atoms with Crippen molar-refractivity contribution in [3.63, 3.8) is 0 Å². The van der Waals surface area contributed by atoms with Crippen molar-refractivity contribution in [2.24, 2.45) is 5.92 Å². The largest absolute Gasteiger partial charge is 0.493 e. The van der Waals surface area contributed by atoms with Gasteiger partial charge in [0, 0.05) is 12.5 Å². The average molecular weight is 353 g/mol. The summed E-state index contributed by atoms with van der Waals surface area (Å²) >= 11 is 0. The summed E-state index contributed by atoms with van der Waals surface area (Å²) in [5, 5.41) is 11.7. The van der Waals surface area contributed by atoms with Gasteiger partial charge in [0.2, 0.25) is 0 Å². The number of hydrogen-bond donors (Lipinski definition) is 2. The van der Waals surface area contributed by atoms with E-state index in [0.29, 0.717) is 23.8 Å². The zero-order chi connectivity index (χ0) is 18.6. The molecule has 0 spiro atoms. The molecule has 1 aromatic carbocycles. The first kappa shape index (κ1) is 19.0. The molecule has 7 heteroatoms. The van der Waals surface area contributed by atoms with Crippen LogP contribution in [0.5, 0.6) is 5.75 Å². The Balaban J connectivity index is 2.07. The standard InChI is InChI=1S/C18H24FNO5/c1-18(2,3)25-17(23)20-14(16(21)22)8-12-6-7-13(19)9-15(12)24-10-11-4-5-11/h6-7,9,11,14H,4-5,8,10H2,1-3H3,(H,20,23)(H,21,22). The Morgan fingerprint density at radius 3 is 2.60 bits per heavy atom. The maximum atomic E-state index is 13.5. The minimum absolute atomic E-state index is 0.0329. The first-order valence-corrected chi connectivity index (χ1v) is 8.27. The fourth-order valence-electron chi connectivity index (χ4n) is 2.19. The molecule has 6 nitrogen and oxygen atoms in total. The van der Waals surface area contributed by atoms with Gasteiger partial charge in [-0.25, -0.2) is 14.0 Å². The van der Waals surface area contributed by atoms with E-state index in [4.69, 9.17) is 9.47 Å². The molecule has 25 heavy (non-hydrogen) atoms. The summed E-state index contributed by atoms with van der Waals surface area (Å²) in [6, 6.07) is 2.75. The van der Waals surface area contributed by atoms with Gasteiger partial charge in [0.15, 0.2) is 0 Å². The average Bonchev–Trinajstić information content (AvgIpc) is 3.28. The molecule has 1 aromatic rings. The van der Waals surface area contributed by atoms with E-state index in [1.54, 1.807) is 20.8 Å². The zero-order valence-corrected chi connectivity index (χ0v) is 14.7. The summed E-state index contributed by atoms with van der Waals surface area (Å²) in [7, 11) is 0. The number of nitrogens with one attached hydrogen (secondary N) is 1. The quantitative estimate of drug-likeness (QED) is 0.787. The fourth-order valence-corrected chi connectivity index (χ4v) is 2.19. The monoisotopic (exact) mass is 353 g/mol. The van der Waals surface area contributed by atoms with Gasteiger partial charge in [0.1, 0.15) is 23.2 Å². The fraction of sp³-hybridized carbons (Fsp3) is 0.556. The molecule has 0 aromatic heterocycles. The van der Waals surface area contributed by atoms with E-state index in [-0.39, 0.29) is 6.42 Å². The minimum atomic E-state index is -1.21. The van der Waals surface area contributed by atoms with Crippen LogP contribution >= 0.6 is 0 Å². The van der Waals surface area contributed by atoms with E-state index in [2.05, 4.69) is 5.32 Å². The lowest BCUT2D eigenvalue weighted by atomic mass is 10.0. The molecule has 0 heterocycles. The second-order valence-corrected chi connectivity index (χ2v) is 7.25. The highest BCUT2D eigenvalue weighted by Gasteiger charge is 2.26. The first-order chi connectivity index (χ1) is 11.6. The maximum Gasteiger partial charge on any atom is 0.408 e. The number of ether oxygens (including phenoxy) is 2. The molecule has 0 aliphatic heterocycles. The number of alkyl carbamates (subject to hydrolysis) is 1. The van der Waals surface area contributed by atoms with E-state index < -0.39 is 29.5 Å². The molecule has 1 atom stereocenters. The number of halogens is 1. The third-order valence-corrected chi connectivity index (χ3v) is 3.61. The van der Waals surface area contributed by atoms with Crippen molar-refractivity contribution < 1.29 is 28.6 Å². The Bertz CT molecular complexity index is 637. The summed E-state index contributed by atoms with van der Waals surface area (Å²) in [5.41, 5.74) is -0.216. The van der Waals surface area contributed by atoms with Gasteiger partial charge >= 0.3 is 12.1 Å². The van der Waals surface area contributed by atoms with Crippen LogP contribution in [0.3, 0.4) is 0 Å². The van der Waals surface area contributed by atoms with Crippen LogP contribution in [0, 0.1) is 11.7 Å².